The van der Waals surface area contributed by atoms with Crippen molar-refractivity contribution in [1.29, 1.82) is 0 Å². The third kappa shape index (κ3) is 8.29. The van der Waals surface area contributed by atoms with E-state index in [0.29, 0.717) is 10.8 Å². The van der Waals surface area contributed by atoms with Gasteiger partial charge in [0.15, 0.2) is 0 Å². The molecule has 0 unspecified atom stereocenters. The normalized spacial score (nSPS) is 11.0. The summed E-state index contributed by atoms with van der Waals surface area (Å²) in [6, 6.07) is 9.11. The van der Waals surface area contributed by atoms with Crippen LogP contribution in [0.1, 0.15) is 86.8 Å². The average molecular weight is 293 g/mol. The van der Waals surface area contributed by atoms with Crippen LogP contribution >= 0.6 is 0 Å². The van der Waals surface area contributed by atoms with E-state index in [1.807, 2.05) is 27.7 Å². The summed E-state index contributed by atoms with van der Waals surface area (Å²) in [5.41, 5.74) is 3.66. The Bertz CT molecular complexity index is 335. The Balaban J connectivity index is 0. The molecule has 0 bridgehead atoms. The van der Waals surface area contributed by atoms with Gasteiger partial charge >= 0.3 is 0 Å². The van der Waals surface area contributed by atoms with Crippen molar-refractivity contribution in [2.24, 2.45) is 10.8 Å². The zero-order chi connectivity index (χ0) is 17.1. The van der Waals surface area contributed by atoms with Gasteiger partial charge in [-0.15, -0.1) is 0 Å². The van der Waals surface area contributed by atoms with Crippen molar-refractivity contribution in [2.45, 2.75) is 88.5 Å². The fraction of sp³-hybridized carbons (Fsp3) is 0.714. The molecule has 0 aromatic heterocycles. The van der Waals surface area contributed by atoms with E-state index in [1.54, 1.807) is 0 Å². The molecule has 0 spiro atoms. The van der Waals surface area contributed by atoms with Gasteiger partial charge in [0.2, 0.25) is 0 Å². The molecule has 21 heavy (non-hydrogen) atoms. The summed E-state index contributed by atoms with van der Waals surface area (Å²) in [5, 5.41) is 0. The minimum atomic E-state index is 0.371. The summed E-state index contributed by atoms with van der Waals surface area (Å²) in [4.78, 5) is 0. The highest BCUT2D eigenvalue weighted by molar-refractivity contribution is 5.22. The molecule has 0 saturated carbocycles. The molecule has 0 atom stereocenters. The molecular weight excluding hydrogens is 252 g/mol. The number of rotatable bonds is 4. The lowest BCUT2D eigenvalue weighted by Crippen LogP contribution is -2.30. The van der Waals surface area contributed by atoms with Crippen LogP contribution in [0.4, 0.5) is 0 Å². The molecule has 0 N–H and O–H groups in total. The summed E-state index contributed by atoms with van der Waals surface area (Å²) >= 11 is 0. The highest BCUT2D eigenvalue weighted by Gasteiger charge is 2.31. The first-order valence-corrected chi connectivity index (χ1v) is 8.84. The van der Waals surface area contributed by atoms with Gasteiger partial charge in [0.1, 0.15) is 0 Å². The Kier molecular flexibility index (Phi) is 11.7. The molecule has 1 aromatic carbocycles. The van der Waals surface area contributed by atoms with Gasteiger partial charge in [0.25, 0.3) is 0 Å². The Hall–Kier alpha value is -0.780. The SMILES string of the molecule is CC.CC.CCc1ccc(CCC(C)(C)C(C)(C)C)cc1. The maximum Gasteiger partial charge on any atom is -0.0274 e. The van der Waals surface area contributed by atoms with E-state index in [4.69, 9.17) is 0 Å². The second-order valence-corrected chi connectivity index (χ2v) is 6.80. The van der Waals surface area contributed by atoms with E-state index in [-0.39, 0.29) is 0 Å². The molecule has 0 heterocycles. The summed E-state index contributed by atoms with van der Waals surface area (Å²) < 4.78 is 0. The summed E-state index contributed by atoms with van der Waals surface area (Å²) in [7, 11) is 0. The second kappa shape index (κ2) is 10.9. The molecule has 1 rings (SSSR count). The quantitative estimate of drug-likeness (QED) is 0.546. The molecule has 0 aliphatic heterocycles. The Morgan fingerprint density at radius 2 is 1.10 bits per heavy atom. The molecule has 0 amide bonds. The van der Waals surface area contributed by atoms with Crippen molar-refractivity contribution >= 4 is 0 Å². The first-order valence-electron chi connectivity index (χ1n) is 8.84. The van der Waals surface area contributed by atoms with Crippen LogP contribution in [-0.4, -0.2) is 0 Å². The lowest BCUT2D eigenvalue weighted by molar-refractivity contribution is 0.120. The van der Waals surface area contributed by atoms with E-state index in [2.05, 4.69) is 65.8 Å². The average Bonchev–Trinajstić information content (AvgIpc) is 2.49. The van der Waals surface area contributed by atoms with Gasteiger partial charge in [0.05, 0.1) is 0 Å². The molecule has 0 aliphatic rings. The van der Waals surface area contributed by atoms with Crippen LogP contribution in [0, 0.1) is 10.8 Å². The number of benzene rings is 1. The molecule has 0 saturated heterocycles. The van der Waals surface area contributed by atoms with Crippen molar-refractivity contribution in [1.82, 2.24) is 0 Å². The van der Waals surface area contributed by atoms with Gasteiger partial charge in [-0.25, -0.2) is 0 Å². The molecule has 0 fully saturated rings. The molecule has 0 heteroatoms. The molecular formula is C21H40. The molecule has 0 nitrogen and oxygen atoms in total. The number of hydrogen-bond acceptors (Lipinski definition) is 0. The van der Waals surface area contributed by atoms with Crippen LogP contribution in [0.2, 0.25) is 0 Å². The van der Waals surface area contributed by atoms with Crippen molar-refractivity contribution in [3.63, 3.8) is 0 Å². The fourth-order valence-corrected chi connectivity index (χ4v) is 1.77. The van der Waals surface area contributed by atoms with E-state index in [0.717, 1.165) is 6.42 Å². The number of aryl methyl sites for hydroxylation is 2. The maximum atomic E-state index is 2.38. The second-order valence-electron chi connectivity index (χ2n) is 6.80. The predicted octanol–water partition coefficient (Wildman–Crippen LogP) is 7.31. The van der Waals surface area contributed by atoms with E-state index < -0.39 is 0 Å². The first-order chi connectivity index (χ1) is 9.76. The zero-order valence-electron chi connectivity index (χ0n) is 16.4. The van der Waals surface area contributed by atoms with E-state index in [1.165, 1.54) is 24.0 Å². The zero-order valence-corrected chi connectivity index (χ0v) is 16.4. The van der Waals surface area contributed by atoms with Crippen molar-refractivity contribution in [3.05, 3.63) is 35.4 Å². The van der Waals surface area contributed by atoms with Crippen LogP contribution in [-0.2, 0) is 12.8 Å². The third-order valence-electron chi connectivity index (χ3n) is 4.50. The van der Waals surface area contributed by atoms with E-state index in [9.17, 15) is 0 Å². The predicted molar refractivity (Wildman–Crippen MR) is 100 cm³/mol. The Morgan fingerprint density at radius 3 is 1.43 bits per heavy atom. The maximum absolute atomic E-state index is 2.38. The van der Waals surface area contributed by atoms with Gasteiger partial charge in [-0.05, 0) is 41.2 Å². The monoisotopic (exact) mass is 292 g/mol. The van der Waals surface area contributed by atoms with Crippen LogP contribution in [0.3, 0.4) is 0 Å². The molecule has 0 radical (unpaired) electrons. The molecule has 124 valence electrons. The molecule has 0 aliphatic carbocycles. The van der Waals surface area contributed by atoms with Gasteiger partial charge in [0, 0.05) is 0 Å². The minimum Gasteiger partial charge on any atom is -0.0683 e. The Labute approximate surface area is 135 Å². The van der Waals surface area contributed by atoms with Gasteiger partial charge in [-0.2, -0.15) is 0 Å². The standard InChI is InChI=1S/C17H28.2C2H6/c1-7-14-8-10-15(11-9-14)12-13-17(5,6)16(2,3)4;2*1-2/h8-11H,7,12-13H2,1-6H3;2*1-2H3. The fourth-order valence-electron chi connectivity index (χ4n) is 1.77. The highest BCUT2D eigenvalue weighted by atomic mass is 14.4. The van der Waals surface area contributed by atoms with Gasteiger partial charge in [-0.1, -0.05) is 93.5 Å². The minimum absolute atomic E-state index is 0.371. The van der Waals surface area contributed by atoms with Gasteiger partial charge in [-0.3, -0.25) is 0 Å². The smallest absolute Gasteiger partial charge is 0.0274 e. The number of hydrogen-bond donors (Lipinski definition) is 0. The van der Waals surface area contributed by atoms with Crippen LogP contribution < -0.4 is 0 Å². The third-order valence-corrected chi connectivity index (χ3v) is 4.50. The lowest BCUT2D eigenvalue weighted by atomic mass is 9.66. The van der Waals surface area contributed by atoms with Crippen LogP contribution in [0.5, 0.6) is 0 Å². The molecule has 1 aromatic rings. The highest BCUT2D eigenvalue weighted by Crippen LogP contribution is 2.41. The lowest BCUT2D eigenvalue weighted by Gasteiger charge is -2.39. The summed E-state index contributed by atoms with van der Waals surface area (Å²) in [6.45, 7) is 22.0. The Morgan fingerprint density at radius 1 is 0.714 bits per heavy atom. The largest absolute Gasteiger partial charge is 0.0683 e. The summed E-state index contributed by atoms with van der Waals surface area (Å²) in [5.74, 6) is 0. The van der Waals surface area contributed by atoms with Crippen LogP contribution in [0.25, 0.3) is 0 Å². The first kappa shape index (κ1) is 22.5. The van der Waals surface area contributed by atoms with Crippen molar-refractivity contribution in [3.8, 4) is 0 Å². The van der Waals surface area contributed by atoms with Crippen molar-refractivity contribution < 1.29 is 0 Å². The van der Waals surface area contributed by atoms with Gasteiger partial charge < -0.3 is 0 Å². The van der Waals surface area contributed by atoms with Crippen molar-refractivity contribution in [2.75, 3.05) is 0 Å². The topological polar surface area (TPSA) is 0 Å². The van der Waals surface area contributed by atoms with Crippen LogP contribution in [0.15, 0.2) is 24.3 Å². The summed E-state index contributed by atoms with van der Waals surface area (Å²) in [6.07, 6.45) is 3.57. The van der Waals surface area contributed by atoms with E-state index >= 15 is 0 Å².